The average molecular weight is 250 g/mol. The summed E-state index contributed by atoms with van der Waals surface area (Å²) in [6, 6.07) is 0. The summed E-state index contributed by atoms with van der Waals surface area (Å²) >= 11 is 0. The Balaban J connectivity index is 2.95. The smallest absolute Gasteiger partial charge is 0.150 e. The first-order valence-corrected chi connectivity index (χ1v) is 7.23. The van der Waals surface area contributed by atoms with E-state index in [0.717, 1.165) is 0 Å². The molecule has 0 aromatic heterocycles. The van der Waals surface area contributed by atoms with Crippen LogP contribution in [0.2, 0.25) is 0 Å². The molecule has 1 heterocycles. The molecule has 1 fully saturated rings. The van der Waals surface area contributed by atoms with Gasteiger partial charge in [0.05, 0.1) is 29.6 Å². The first kappa shape index (κ1) is 13.6. The Morgan fingerprint density at radius 3 is 2.25 bits per heavy atom. The van der Waals surface area contributed by atoms with Crippen molar-refractivity contribution in [2.45, 2.75) is 32.3 Å². The summed E-state index contributed by atoms with van der Waals surface area (Å²) in [4.78, 5) is 11.8. The van der Waals surface area contributed by atoms with Crippen LogP contribution in [-0.4, -0.2) is 48.6 Å². The summed E-state index contributed by atoms with van der Waals surface area (Å²) in [5.41, 5.74) is -1.06. The predicted octanol–water partition coefficient (Wildman–Crippen LogP) is -0.486. The van der Waals surface area contributed by atoms with Gasteiger partial charge in [0.2, 0.25) is 0 Å². The minimum atomic E-state index is -3.08. The van der Waals surface area contributed by atoms with Crippen molar-refractivity contribution < 1.29 is 23.4 Å². The molecule has 1 atom stereocenters. The van der Waals surface area contributed by atoms with E-state index in [4.69, 9.17) is 5.11 Å². The molecule has 0 amide bonds. The van der Waals surface area contributed by atoms with E-state index >= 15 is 0 Å². The second-order valence-electron chi connectivity index (χ2n) is 4.28. The van der Waals surface area contributed by atoms with Gasteiger partial charge in [-0.05, 0) is 12.8 Å². The molecule has 0 aromatic rings. The van der Waals surface area contributed by atoms with Crippen molar-refractivity contribution in [1.82, 2.24) is 0 Å². The number of rotatable bonds is 4. The Morgan fingerprint density at radius 2 is 1.88 bits per heavy atom. The van der Waals surface area contributed by atoms with Gasteiger partial charge in [-0.2, -0.15) is 0 Å². The maximum Gasteiger partial charge on any atom is 0.150 e. The number of sulfone groups is 1. The van der Waals surface area contributed by atoms with Gasteiger partial charge >= 0.3 is 0 Å². The van der Waals surface area contributed by atoms with Gasteiger partial charge < -0.3 is 10.2 Å². The van der Waals surface area contributed by atoms with E-state index in [1.165, 1.54) is 0 Å². The van der Waals surface area contributed by atoms with E-state index in [2.05, 4.69) is 0 Å². The molecule has 5 nitrogen and oxygen atoms in total. The van der Waals surface area contributed by atoms with Gasteiger partial charge in [0.15, 0.2) is 0 Å². The Morgan fingerprint density at radius 1 is 1.38 bits per heavy atom. The minimum Gasteiger partial charge on any atom is -0.394 e. The summed E-state index contributed by atoms with van der Waals surface area (Å²) in [7, 11) is -3.08. The molecular weight excluding hydrogens is 232 g/mol. The normalized spacial score (nSPS) is 24.9. The number of aliphatic hydroxyl groups excluding tert-OH is 2. The first-order valence-electron chi connectivity index (χ1n) is 5.40. The molecule has 1 unspecified atom stereocenters. The molecule has 0 spiro atoms. The largest absolute Gasteiger partial charge is 0.394 e. The van der Waals surface area contributed by atoms with Crippen LogP contribution in [-0.2, 0) is 14.6 Å². The molecule has 1 aliphatic heterocycles. The molecule has 0 saturated carbocycles. The van der Waals surface area contributed by atoms with Crippen LogP contribution < -0.4 is 0 Å². The fourth-order valence-corrected chi connectivity index (χ4v) is 3.78. The molecule has 0 radical (unpaired) electrons. The monoisotopic (exact) mass is 250 g/mol. The zero-order chi connectivity index (χ0) is 12.4. The molecule has 0 aromatic carbocycles. The van der Waals surface area contributed by atoms with Crippen LogP contribution in [0.25, 0.3) is 0 Å². The molecule has 6 heteroatoms. The lowest BCUT2D eigenvalue weighted by molar-refractivity contribution is -0.138. The molecular formula is C10H18O5S. The summed E-state index contributed by atoms with van der Waals surface area (Å²) in [5.74, 6) is -0.338. The second-order valence-corrected chi connectivity index (χ2v) is 6.59. The predicted molar refractivity (Wildman–Crippen MR) is 58.7 cm³/mol. The highest BCUT2D eigenvalue weighted by Gasteiger charge is 2.47. The quantitative estimate of drug-likeness (QED) is 0.702. The van der Waals surface area contributed by atoms with Gasteiger partial charge in [0.25, 0.3) is 0 Å². The fourth-order valence-electron chi connectivity index (χ4n) is 2.23. The summed E-state index contributed by atoms with van der Waals surface area (Å²) in [6.07, 6.45) is -0.680. The number of carbonyl (C=O) groups excluding carboxylic acids is 1. The van der Waals surface area contributed by atoms with Gasteiger partial charge in [-0.3, -0.25) is 4.79 Å². The number of aliphatic hydroxyl groups is 2. The maximum atomic E-state index is 11.8. The molecule has 1 saturated heterocycles. The summed E-state index contributed by atoms with van der Waals surface area (Å²) in [6.45, 7) is 1.17. The summed E-state index contributed by atoms with van der Waals surface area (Å²) in [5, 5.41) is 18.7. The topological polar surface area (TPSA) is 91.7 Å². The molecule has 0 bridgehead atoms. The Bertz CT molecular complexity index is 345. The standard InChI is InChI=1S/C10H18O5S/c1-2-8(12)10(9(13)7-11)3-5-16(14,15)6-4-10/h9,11,13H,2-7H2,1H3. The van der Waals surface area contributed by atoms with Gasteiger partial charge in [-0.25, -0.2) is 8.42 Å². The molecule has 2 N–H and O–H groups in total. The van der Waals surface area contributed by atoms with Gasteiger partial charge in [-0.1, -0.05) is 6.92 Å². The third-order valence-electron chi connectivity index (χ3n) is 3.41. The lowest BCUT2D eigenvalue weighted by Gasteiger charge is -2.38. The molecule has 94 valence electrons. The van der Waals surface area contributed by atoms with Crippen molar-refractivity contribution in [1.29, 1.82) is 0 Å². The lowest BCUT2D eigenvalue weighted by atomic mass is 9.72. The summed E-state index contributed by atoms with van der Waals surface area (Å²) < 4.78 is 22.6. The van der Waals surface area contributed by atoms with Crippen molar-refractivity contribution in [3.63, 3.8) is 0 Å². The Kier molecular flexibility index (Phi) is 4.09. The highest BCUT2D eigenvalue weighted by atomic mass is 32.2. The lowest BCUT2D eigenvalue weighted by Crippen LogP contribution is -2.49. The van der Waals surface area contributed by atoms with Gasteiger partial charge in [0, 0.05) is 6.42 Å². The van der Waals surface area contributed by atoms with Gasteiger partial charge in [0.1, 0.15) is 15.6 Å². The molecule has 1 rings (SSSR count). The minimum absolute atomic E-state index is 0.0875. The third kappa shape index (κ3) is 2.44. The van der Waals surface area contributed by atoms with Crippen molar-refractivity contribution in [2.75, 3.05) is 18.1 Å². The van der Waals surface area contributed by atoms with Crippen LogP contribution >= 0.6 is 0 Å². The molecule has 1 aliphatic rings. The zero-order valence-corrected chi connectivity index (χ0v) is 10.2. The zero-order valence-electron chi connectivity index (χ0n) is 9.35. The SMILES string of the molecule is CCC(=O)C1(C(O)CO)CCS(=O)(=O)CC1. The van der Waals surface area contributed by atoms with Crippen LogP contribution in [0.3, 0.4) is 0 Å². The van der Waals surface area contributed by atoms with Crippen molar-refractivity contribution in [3.8, 4) is 0 Å². The number of hydrogen-bond donors (Lipinski definition) is 2. The van der Waals surface area contributed by atoms with E-state index in [1.54, 1.807) is 6.92 Å². The van der Waals surface area contributed by atoms with Crippen molar-refractivity contribution in [2.24, 2.45) is 5.41 Å². The molecule has 16 heavy (non-hydrogen) atoms. The number of carbonyl (C=O) groups is 1. The highest BCUT2D eigenvalue weighted by molar-refractivity contribution is 7.91. The maximum absolute atomic E-state index is 11.8. The van der Waals surface area contributed by atoms with Crippen molar-refractivity contribution in [3.05, 3.63) is 0 Å². The number of ketones is 1. The number of Topliss-reactive ketones (excluding diaryl/α,β-unsaturated/α-hetero) is 1. The van der Waals surface area contributed by atoms with Crippen LogP contribution in [0.1, 0.15) is 26.2 Å². The van der Waals surface area contributed by atoms with E-state index in [-0.39, 0.29) is 36.6 Å². The van der Waals surface area contributed by atoms with Crippen LogP contribution in [0.15, 0.2) is 0 Å². The molecule has 0 aliphatic carbocycles. The number of hydrogen-bond acceptors (Lipinski definition) is 5. The Labute approximate surface area is 95.4 Å². The first-order chi connectivity index (χ1) is 7.38. The fraction of sp³-hybridized carbons (Fsp3) is 0.900. The average Bonchev–Trinajstić information content (AvgIpc) is 2.27. The van der Waals surface area contributed by atoms with Crippen molar-refractivity contribution >= 4 is 15.6 Å². The highest BCUT2D eigenvalue weighted by Crippen LogP contribution is 2.37. The van der Waals surface area contributed by atoms with E-state index in [9.17, 15) is 18.3 Å². The van der Waals surface area contributed by atoms with E-state index in [1.807, 2.05) is 0 Å². The van der Waals surface area contributed by atoms with Crippen LogP contribution in [0.4, 0.5) is 0 Å². The second kappa shape index (κ2) is 4.81. The Hall–Kier alpha value is -0.460. The van der Waals surface area contributed by atoms with Gasteiger partial charge in [-0.15, -0.1) is 0 Å². The van der Waals surface area contributed by atoms with Crippen LogP contribution in [0.5, 0.6) is 0 Å². The van der Waals surface area contributed by atoms with E-state index < -0.39 is 28.0 Å². The van der Waals surface area contributed by atoms with Crippen LogP contribution in [0, 0.1) is 5.41 Å². The van der Waals surface area contributed by atoms with E-state index in [0.29, 0.717) is 0 Å². The third-order valence-corrected chi connectivity index (χ3v) is 5.06.